The summed E-state index contributed by atoms with van der Waals surface area (Å²) in [5.74, 6) is 0.759. The van der Waals surface area contributed by atoms with Crippen molar-refractivity contribution in [2.24, 2.45) is 22.2 Å². The Balaban J connectivity index is 2.17. The van der Waals surface area contributed by atoms with Crippen molar-refractivity contribution < 1.29 is 5.11 Å². The van der Waals surface area contributed by atoms with Gasteiger partial charge in [0.2, 0.25) is 0 Å². The van der Waals surface area contributed by atoms with Gasteiger partial charge in [0.1, 0.15) is 0 Å². The summed E-state index contributed by atoms with van der Waals surface area (Å²) >= 11 is 0. The first-order valence-corrected chi connectivity index (χ1v) is 6.99. The van der Waals surface area contributed by atoms with Crippen molar-refractivity contribution in [1.82, 2.24) is 0 Å². The van der Waals surface area contributed by atoms with Gasteiger partial charge in [-0.05, 0) is 55.3 Å². The lowest BCUT2D eigenvalue weighted by atomic mass is 9.46. The minimum absolute atomic E-state index is 0.142. The molecule has 0 aliphatic heterocycles. The zero-order valence-corrected chi connectivity index (χ0v) is 11.3. The lowest BCUT2D eigenvalue weighted by Crippen LogP contribution is -2.62. The lowest BCUT2D eigenvalue weighted by molar-refractivity contribution is -0.213. The fraction of sp³-hybridized carbons (Fsp3) is 1.00. The van der Waals surface area contributed by atoms with Gasteiger partial charge in [0.15, 0.2) is 0 Å². The number of fused-ring (bicyclic) bond motifs is 1. The second-order valence-electron chi connectivity index (χ2n) is 7.84. The topological polar surface area (TPSA) is 20.2 Å². The van der Waals surface area contributed by atoms with Crippen LogP contribution in [0.5, 0.6) is 0 Å². The molecule has 0 radical (unpaired) electrons. The van der Waals surface area contributed by atoms with Crippen molar-refractivity contribution in [2.45, 2.75) is 71.8 Å². The van der Waals surface area contributed by atoms with Gasteiger partial charge < -0.3 is 5.11 Å². The van der Waals surface area contributed by atoms with E-state index in [-0.39, 0.29) is 16.4 Å². The van der Waals surface area contributed by atoms with Crippen molar-refractivity contribution in [3.05, 3.63) is 0 Å². The van der Waals surface area contributed by atoms with Crippen molar-refractivity contribution >= 4 is 0 Å². The van der Waals surface area contributed by atoms with Crippen LogP contribution in [0.15, 0.2) is 0 Å². The van der Waals surface area contributed by atoms with Gasteiger partial charge in [0.25, 0.3) is 0 Å². The molecular formula is C15H26O. The smallest absolute Gasteiger partial charge is 0.0762 e. The molecular weight excluding hydrogens is 196 g/mol. The summed E-state index contributed by atoms with van der Waals surface area (Å²) in [7, 11) is 0. The highest BCUT2D eigenvalue weighted by Crippen LogP contribution is 2.76. The van der Waals surface area contributed by atoms with E-state index in [0.717, 1.165) is 12.3 Å². The van der Waals surface area contributed by atoms with Crippen molar-refractivity contribution in [3.8, 4) is 0 Å². The molecule has 2 bridgehead atoms. The van der Waals surface area contributed by atoms with Crippen LogP contribution in [-0.4, -0.2) is 10.7 Å². The fourth-order valence-electron chi connectivity index (χ4n) is 5.75. The average molecular weight is 222 g/mol. The van der Waals surface area contributed by atoms with Crippen LogP contribution in [0.4, 0.5) is 0 Å². The minimum Gasteiger partial charge on any atom is -0.389 e. The maximum Gasteiger partial charge on any atom is 0.0762 e. The third-order valence-corrected chi connectivity index (χ3v) is 7.03. The van der Waals surface area contributed by atoms with E-state index >= 15 is 0 Å². The third kappa shape index (κ3) is 0.868. The highest BCUT2D eigenvalue weighted by molar-refractivity contribution is 5.24. The molecule has 3 atom stereocenters. The zero-order valence-electron chi connectivity index (χ0n) is 11.3. The maximum atomic E-state index is 11.4. The Bertz CT molecular complexity index is 330. The van der Waals surface area contributed by atoms with Gasteiger partial charge in [-0.1, -0.05) is 27.7 Å². The van der Waals surface area contributed by atoms with Gasteiger partial charge >= 0.3 is 0 Å². The summed E-state index contributed by atoms with van der Waals surface area (Å²) in [5, 5.41) is 11.4. The Morgan fingerprint density at radius 3 is 2.31 bits per heavy atom. The molecule has 3 fully saturated rings. The van der Waals surface area contributed by atoms with E-state index in [1.54, 1.807) is 0 Å². The molecule has 0 aromatic carbocycles. The van der Waals surface area contributed by atoms with E-state index < -0.39 is 0 Å². The SMILES string of the molecule is CC1(C)CCC[C@]2(O)C(C)(C)[C@H]3CC[C@@]12C3. The van der Waals surface area contributed by atoms with Crippen LogP contribution < -0.4 is 0 Å². The second kappa shape index (κ2) is 2.68. The Kier molecular flexibility index (Phi) is 1.86. The van der Waals surface area contributed by atoms with Crippen LogP contribution in [0.3, 0.4) is 0 Å². The van der Waals surface area contributed by atoms with Crippen LogP contribution in [0.25, 0.3) is 0 Å². The Morgan fingerprint density at radius 1 is 1.00 bits per heavy atom. The summed E-state index contributed by atoms with van der Waals surface area (Å²) in [4.78, 5) is 0. The highest BCUT2D eigenvalue weighted by atomic mass is 16.3. The van der Waals surface area contributed by atoms with Crippen LogP contribution in [-0.2, 0) is 0 Å². The molecule has 0 unspecified atom stereocenters. The monoisotopic (exact) mass is 222 g/mol. The van der Waals surface area contributed by atoms with E-state index in [4.69, 9.17) is 0 Å². The van der Waals surface area contributed by atoms with Crippen molar-refractivity contribution in [1.29, 1.82) is 0 Å². The molecule has 1 nitrogen and oxygen atoms in total. The van der Waals surface area contributed by atoms with Crippen LogP contribution >= 0.6 is 0 Å². The fourth-order valence-corrected chi connectivity index (χ4v) is 5.75. The summed E-state index contributed by atoms with van der Waals surface area (Å²) in [6.07, 6.45) is 7.45. The minimum atomic E-state index is -0.384. The average Bonchev–Trinajstić information content (AvgIpc) is 2.66. The first-order chi connectivity index (χ1) is 7.27. The van der Waals surface area contributed by atoms with Crippen molar-refractivity contribution in [3.63, 3.8) is 0 Å². The van der Waals surface area contributed by atoms with E-state index in [0.29, 0.717) is 5.41 Å². The molecule has 0 amide bonds. The van der Waals surface area contributed by atoms with Crippen LogP contribution in [0, 0.1) is 22.2 Å². The molecule has 0 aromatic rings. The van der Waals surface area contributed by atoms with Gasteiger partial charge in [-0.15, -0.1) is 0 Å². The van der Waals surface area contributed by atoms with Gasteiger partial charge in [-0.2, -0.15) is 0 Å². The van der Waals surface area contributed by atoms with E-state index in [1.165, 1.54) is 32.1 Å². The van der Waals surface area contributed by atoms with Gasteiger partial charge in [0, 0.05) is 5.41 Å². The lowest BCUT2D eigenvalue weighted by Gasteiger charge is -2.61. The summed E-state index contributed by atoms with van der Waals surface area (Å²) in [6, 6.07) is 0. The molecule has 3 saturated carbocycles. The molecule has 92 valence electrons. The number of hydrogen-bond donors (Lipinski definition) is 1. The second-order valence-corrected chi connectivity index (χ2v) is 7.84. The molecule has 1 heteroatoms. The number of aliphatic hydroxyl groups is 1. The Labute approximate surface area is 99.6 Å². The quantitative estimate of drug-likeness (QED) is 0.662. The van der Waals surface area contributed by atoms with Gasteiger partial charge in [-0.3, -0.25) is 0 Å². The molecule has 3 rings (SSSR count). The third-order valence-electron chi connectivity index (χ3n) is 7.03. The van der Waals surface area contributed by atoms with E-state index in [2.05, 4.69) is 27.7 Å². The molecule has 3 aliphatic carbocycles. The van der Waals surface area contributed by atoms with Crippen molar-refractivity contribution in [2.75, 3.05) is 0 Å². The molecule has 0 aromatic heterocycles. The highest BCUT2D eigenvalue weighted by Gasteiger charge is 2.74. The van der Waals surface area contributed by atoms with E-state index in [1.807, 2.05) is 0 Å². The number of hydrogen-bond acceptors (Lipinski definition) is 1. The summed E-state index contributed by atoms with van der Waals surface area (Å²) in [6.45, 7) is 9.45. The zero-order chi connectivity index (χ0) is 11.8. The molecule has 1 N–H and O–H groups in total. The Morgan fingerprint density at radius 2 is 1.69 bits per heavy atom. The summed E-state index contributed by atoms with van der Waals surface area (Å²) in [5.41, 5.74) is 0.322. The normalized spacial score (nSPS) is 52.7. The maximum absolute atomic E-state index is 11.4. The van der Waals surface area contributed by atoms with Crippen LogP contribution in [0.2, 0.25) is 0 Å². The number of rotatable bonds is 0. The van der Waals surface area contributed by atoms with Gasteiger partial charge in [-0.25, -0.2) is 0 Å². The predicted molar refractivity (Wildman–Crippen MR) is 66.1 cm³/mol. The van der Waals surface area contributed by atoms with Crippen LogP contribution in [0.1, 0.15) is 66.2 Å². The summed E-state index contributed by atoms with van der Waals surface area (Å²) < 4.78 is 0. The molecule has 1 spiro atoms. The Hall–Kier alpha value is -0.0400. The standard InChI is InChI=1S/C15H26O/c1-12(2)7-5-8-15(16)13(3,4)11-6-9-14(12,15)10-11/h11,16H,5-10H2,1-4H3/t11-,14+,15-/m0/s1. The molecule has 0 saturated heterocycles. The largest absolute Gasteiger partial charge is 0.389 e. The molecule has 0 heterocycles. The predicted octanol–water partition coefficient (Wildman–Crippen LogP) is 3.75. The molecule has 3 aliphatic rings. The first-order valence-electron chi connectivity index (χ1n) is 6.99. The molecule has 16 heavy (non-hydrogen) atoms. The van der Waals surface area contributed by atoms with E-state index in [9.17, 15) is 5.11 Å². The van der Waals surface area contributed by atoms with Gasteiger partial charge in [0.05, 0.1) is 5.60 Å². The first kappa shape index (κ1) is 11.1.